The first kappa shape index (κ1) is 19.0. The van der Waals surface area contributed by atoms with E-state index in [1.54, 1.807) is 13.2 Å². The summed E-state index contributed by atoms with van der Waals surface area (Å²) in [6, 6.07) is 5.68. The van der Waals surface area contributed by atoms with Gasteiger partial charge in [0.2, 0.25) is 5.91 Å². The Hall–Kier alpha value is -2.30. The van der Waals surface area contributed by atoms with Gasteiger partial charge in [-0.15, -0.1) is 0 Å². The van der Waals surface area contributed by atoms with E-state index in [4.69, 9.17) is 9.15 Å². The molecule has 2 aliphatic rings. The molecule has 1 heterocycles. The van der Waals surface area contributed by atoms with E-state index in [1.165, 1.54) is 25.7 Å². The van der Waals surface area contributed by atoms with E-state index >= 15 is 0 Å². The van der Waals surface area contributed by atoms with Gasteiger partial charge in [-0.1, -0.05) is 6.42 Å². The number of carbonyl (C=O) groups excluding carboxylic acids is 1. The molecule has 0 spiro atoms. The van der Waals surface area contributed by atoms with Gasteiger partial charge >= 0.3 is 5.63 Å². The maximum Gasteiger partial charge on any atom is 0.339 e. The number of carbonyl (C=O) groups is 1. The fourth-order valence-corrected chi connectivity index (χ4v) is 5.37. The molecule has 1 amide bonds. The van der Waals surface area contributed by atoms with Crippen LogP contribution in [0.25, 0.3) is 11.0 Å². The van der Waals surface area contributed by atoms with Crippen LogP contribution < -0.4 is 15.7 Å². The van der Waals surface area contributed by atoms with Gasteiger partial charge < -0.3 is 14.5 Å². The van der Waals surface area contributed by atoms with Crippen LogP contribution in [0.4, 0.5) is 0 Å². The molecule has 0 saturated heterocycles. The Morgan fingerprint density at radius 3 is 2.82 bits per heavy atom. The number of aryl methyl sites for hydroxylation is 1. The minimum Gasteiger partial charge on any atom is -0.497 e. The number of rotatable bonds is 6. The van der Waals surface area contributed by atoms with Crippen molar-refractivity contribution in [3.8, 4) is 5.75 Å². The molecule has 28 heavy (non-hydrogen) atoms. The minimum atomic E-state index is -0.368. The van der Waals surface area contributed by atoms with Crippen LogP contribution in [0.3, 0.4) is 0 Å². The largest absolute Gasteiger partial charge is 0.497 e. The molecule has 5 heteroatoms. The highest BCUT2D eigenvalue weighted by atomic mass is 16.5. The van der Waals surface area contributed by atoms with E-state index in [1.807, 2.05) is 19.1 Å². The van der Waals surface area contributed by atoms with Gasteiger partial charge in [-0.2, -0.15) is 0 Å². The van der Waals surface area contributed by atoms with Crippen molar-refractivity contribution in [2.45, 2.75) is 58.4 Å². The lowest BCUT2D eigenvalue weighted by Crippen LogP contribution is -2.40. The summed E-state index contributed by atoms with van der Waals surface area (Å²) in [7, 11) is 1.58. The lowest BCUT2D eigenvalue weighted by atomic mass is 9.84. The molecule has 4 rings (SSSR count). The van der Waals surface area contributed by atoms with E-state index in [2.05, 4.69) is 12.2 Å². The summed E-state index contributed by atoms with van der Waals surface area (Å²) in [6.45, 7) is 4.04. The quantitative estimate of drug-likeness (QED) is 0.766. The SMILES string of the molecule is COc1ccc2c(C)c(CCC(=O)N[C@H](C)[C@@H]3C[C@H]4CC[C@H]3C4)c(=O)oc2c1. The summed E-state index contributed by atoms with van der Waals surface area (Å²) in [5.41, 5.74) is 1.61. The minimum absolute atomic E-state index is 0.0175. The van der Waals surface area contributed by atoms with Gasteiger partial charge in [0.15, 0.2) is 0 Å². The van der Waals surface area contributed by atoms with Crippen LogP contribution in [-0.2, 0) is 11.2 Å². The molecule has 1 aromatic carbocycles. The van der Waals surface area contributed by atoms with Crippen LogP contribution in [0.5, 0.6) is 5.75 Å². The first-order chi connectivity index (χ1) is 13.5. The fourth-order valence-electron chi connectivity index (χ4n) is 5.37. The number of hydrogen-bond acceptors (Lipinski definition) is 4. The zero-order valence-electron chi connectivity index (χ0n) is 16.9. The van der Waals surface area contributed by atoms with Crippen molar-refractivity contribution in [1.29, 1.82) is 0 Å². The second kappa shape index (κ2) is 7.61. The second-order valence-corrected chi connectivity index (χ2v) is 8.55. The van der Waals surface area contributed by atoms with Gasteiger partial charge in [0.25, 0.3) is 0 Å². The van der Waals surface area contributed by atoms with Crippen molar-refractivity contribution < 1.29 is 13.9 Å². The summed E-state index contributed by atoms with van der Waals surface area (Å²) >= 11 is 0. The number of nitrogens with one attached hydrogen (secondary N) is 1. The molecule has 5 nitrogen and oxygen atoms in total. The third-order valence-electron chi connectivity index (χ3n) is 6.92. The molecule has 4 atom stereocenters. The van der Waals surface area contributed by atoms with Crippen LogP contribution >= 0.6 is 0 Å². The molecule has 2 fully saturated rings. The van der Waals surface area contributed by atoms with Crippen molar-refractivity contribution in [2.24, 2.45) is 17.8 Å². The van der Waals surface area contributed by atoms with E-state index in [-0.39, 0.29) is 17.6 Å². The summed E-state index contributed by atoms with van der Waals surface area (Å²) in [5, 5.41) is 4.06. The molecule has 2 aromatic rings. The summed E-state index contributed by atoms with van der Waals surface area (Å²) in [4.78, 5) is 24.9. The Balaban J connectivity index is 1.42. The number of amides is 1. The molecule has 150 valence electrons. The van der Waals surface area contributed by atoms with Crippen LogP contribution in [0.15, 0.2) is 27.4 Å². The van der Waals surface area contributed by atoms with E-state index in [9.17, 15) is 9.59 Å². The normalized spacial score (nSPS) is 24.5. The predicted octanol–water partition coefficient (Wildman–Crippen LogP) is 3.98. The van der Waals surface area contributed by atoms with Crippen LogP contribution in [-0.4, -0.2) is 19.1 Å². The van der Waals surface area contributed by atoms with E-state index in [0.29, 0.717) is 35.7 Å². The van der Waals surface area contributed by atoms with Crippen molar-refractivity contribution in [1.82, 2.24) is 5.32 Å². The van der Waals surface area contributed by atoms with E-state index in [0.717, 1.165) is 22.8 Å². The third kappa shape index (κ3) is 3.54. The van der Waals surface area contributed by atoms with Crippen LogP contribution in [0.1, 0.15) is 50.2 Å². The molecule has 0 unspecified atom stereocenters. The maximum absolute atomic E-state index is 12.5. The third-order valence-corrected chi connectivity index (χ3v) is 6.92. The molecule has 1 aromatic heterocycles. The Kier molecular flexibility index (Phi) is 5.17. The summed E-state index contributed by atoms with van der Waals surface area (Å²) in [6.07, 6.45) is 5.97. The molecule has 0 aliphatic heterocycles. The zero-order valence-corrected chi connectivity index (χ0v) is 16.9. The van der Waals surface area contributed by atoms with Gasteiger partial charge in [0, 0.05) is 29.5 Å². The number of methoxy groups -OCH3 is 1. The smallest absolute Gasteiger partial charge is 0.339 e. The second-order valence-electron chi connectivity index (χ2n) is 8.55. The summed E-state index contributed by atoms with van der Waals surface area (Å²) < 4.78 is 10.7. The van der Waals surface area contributed by atoms with E-state index < -0.39 is 0 Å². The van der Waals surface area contributed by atoms with Crippen molar-refractivity contribution in [2.75, 3.05) is 7.11 Å². The average molecular weight is 383 g/mol. The van der Waals surface area contributed by atoms with Crippen LogP contribution in [0, 0.1) is 24.7 Å². The van der Waals surface area contributed by atoms with Gasteiger partial charge in [0.1, 0.15) is 11.3 Å². The fraction of sp³-hybridized carbons (Fsp3) is 0.565. The summed E-state index contributed by atoms with van der Waals surface area (Å²) in [5.74, 6) is 2.94. The highest BCUT2D eigenvalue weighted by molar-refractivity contribution is 5.82. The standard InChI is InChI=1S/C23H29NO4/c1-13-18-7-6-17(27-3)12-21(18)28-23(26)19(13)8-9-22(25)24-14(2)20-11-15-4-5-16(20)10-15/h6-7,12,14-16,20H,4-5,8-11H2,1-3H3,(H,24,25)/t14-,15+,16+,20+/m1/s1. The van der Waals surface area contributed by atoms with Crippen molar-refractivity contribution in [3.63, 3.8) is 0 Å². The molecular formula is C23H29NO4. The molecule has 2 bridgehead atoms. The van der Waals surface area contributed by atoms with Gasteiger partial charge in [-0.05, 0) is 75.0 Å². The molecule has 2 aliphatic carbocycles. The van der Waals surface area contributed by atoms with Crippen molar-refractivity contribution >= 4 is 16.9 Å². The maximum atomic E-state index is 12.5. The number of hydrogen-bond donors (Lipinski definition) is 1. The highest BCUT2D eigenvalue weighted by Crippen LogP contribution is 2.49. The average Bonchev–Trinajstić information content (AvgIpc) is 3.30. The number of fused-ring (bicyclic) bond motifs is 3. The highest BCUT2D eigenvalue weighted by Gasteiger charge is 2.42. The molecule has 0 radical (unpaired) electrons. The monoisotopic (exact) mass is 383 g/mol. The Morgan fingerprint density at radius 1 is 1.32 bits per heavy atom. The van der Waals surface area contributed by atoms with Gasteiger partial charge in [-0.3, -0.25) is 4.79 Å². The topological polar surface area (TPSA) is 68.5 Å². The molecule has 2 saturated carbocycles. The van der Waals surface area contributed by atoms with Crippen molar-refractivity contribution in [3.05, 3.63) is 39.7 Å². The Morgan fingerprint density at radius 2 is 2.14 bits per heavy atom. The first-order valence-corrected chi connectivity index (χ1v) is 10.4. The molecular weight excluding hydrogens is 354 g/mol. The lowest BCUT2D eigenvalue weighted by Gasteiger charge is -2.28. The lowest BCUT2D eigenvalue weighted by molar-refractivity contribution is -0.122. The zero-order chi connectivity index (χ0) is 19.8. The predicted molar refractivity (Wildman–Crippen MR) is 109 cm³/mol. The Labute approximate surface area is 165 Å². The van der Waals surface area contributed by atoms with Gasteiger partial charge in [0.05, 0.1) is 7.11 Å². The Bertz CT molecular complexity index is 948. The first-order valence-electron chi connectivity index (χ1n) is 10.4. The molecule has 1 N–H and O–H groups in total. The van der Waals surface area contributed by atoms with Crippen LogP contribution in [0.2, 0.25) is 0 Å². The number of ether oxygens (including phenoxy) is 1. The number of benzene rings is 1. The van der Waals surface area contributed by atoms with Gasteiger partial charge in [-0.25, -0.2) is 4.79 Å².